The lowest BCUT2D eigenvalue weighted by Crippen LogP contribution is -2.54. The summed E-state index contributed by atoms with van der Waals surface area (Å²) in [7, 11) is 0. The van der Waals surface area contributed by atoms with E-state index in [2.05, 4.69) is 36.4 Å². The highest BCUT2D eigenvalue weighted by molar-refractivity contribution is 9.10. The summed E-state index contributed by atoms with van der Waals surface area (Å²) in [6.45, 7) is 1.63. The van der Waals surface area contributed by atoms with Crippen LogP contribution in [-0.4, -0.2) is 53.9 Å². The number of aliphatic hydroxyl groups excluding tert-OH is 1. The number of halogens is 1. The maximum atomic E-state index is 12.9. The lowest BCUT2D eigenvalue weighted by Gasteiger charge is -2.41. The van der Waals surface area contributed by atoms with Crippen molar-refractivity contribution in [3.8, 4) is 0 Å². The molecule has 1 amide bonds. The molecule has 0 spiro atoms. The van der Waals surface area contributed by atoms with Crippen LogP contribution in [0.2, 0.25) is 0 Å². The van der Waals surface area contributed by atoms with Crippen molar-refractivity contribution in [3.63, 3.8) is 0 Å². The number of nitrogens with zero attached hydrogens (tertiary/aromatic N) is 2. The summed E-state index contributed by atoms with van der Waals surface area (Å²) in [6.07, 6.45) is 10.9. The van der Waals surface area contributed by atoms with Gasteiger partial charge in [-0.2, -0.15) is 0 Å². The van der Waals surface area contributed by atoms with Gasteiger partial charge in [0.05, 0.1) is 11.7 Å². The van der Waals surface area contributed by atoms with Crippen molar-refractivity contribution >= 4 is 27.7 Å². The topological polar surface area (TPSA) is 104 Å². The molecule has 166 valence electrons. The van der Waals surface area contributed by atoms with E-state index in [1.165, 1.54) is 32.1 Å². The minimum absolute atomic E-state index is 0.121. The first kappa shape index (κ1) is 22.0. The number of piperidine rings is 1. The second kappa shape index (κ2) is 9.94. The lowest BCUT2D eigenvalue weighted by atomic mass is 9.89. The molecule has 2 aliphatic carbocycles. The SMILES string of the molecule is NC(NC(=O)c1cc(Br)cnc1N1CCC(NC2CCCCC2)C(CO)C1)C1CC1. The quantitative estimate of drug-likeness (QED) is 0.447. The third-order valence-electron chi connectivity index (χ3n) is 6.83. The number of aromatic nitrogens is 1. The Morgan fingerprint density at radius 2 is 2.03 bits per heavy atom. The van der Waals surface area contributed by atoms with Gasteiger partial charge in [0.2, 0.25) is 0 Å². The third-order valence-corrected chi connectivity index (χ3v) is 7.26. The number of hydrogen-bond donors (Lipinski definition) is 4. The van der Waals surface area contributed by atoms with Crippen molar-refractivity contribution in [1.82, 2.24) is 15.6 Å². The Morgan fingerprint density at radius 1 is 1.27 bits per heavy atom. The van der Waals surface area contributed by atoms with Crippen LogP contribution in [0.15, 0.2) is 16.7 Å². The lowest BCUT2D eigenvalue weighted by molar-refractivity contribution is 0.0933. The Bertz CT molecular complexity index is 738. The van der Waals surface area contributed by atoms with Gasteiger partial charge in [-0.15, -0.1) is 0 Å². The van der Waals surface area contributed by atoms with Crippen LogP contribution in [0.3, 0.4) is 0 Å². The molecule has 1 saturated heterocycles. The molecule has 5 N–H and O–H groups in total. The molecule has 0 aromatic carbocycles. The van der Waals surface area contributed by atoms with Crippen molar-refractivity contribution in [1.29, 1.82) is 0 Å². The van der Waals surface area contributed by atoms with Gasteiger partial charge in [-0.25, -0.2) is 4.98 Å². The fraction of sp³-hybridized carbons (Fsp3) is 0.727. The van der Waals surface area contributed by atoms with Crippen molar-refractivity contribution in [2.24, 2.45) is 17.6 Å². The molecule has 7 nitrogen and oxygen atoms in total. The summed E-state index contributed by atoms with van der Waals surface area (Å²) in [5.74, 6) is 1.00. The van der Waals surface area contributed by atoms with E-state index >= 15 is 0 Å². The molecule has 3 fully saturated rings. The monoisotopic (exact) mass is 479 g/mol. The molecule has 1 aliphatic heterocycles. The third kappa shape index (κ3) is 5.33. The number of nitrogens with two attached hydrogens (primary N) is 1. The fourth-order valence-corrected chi connectivity index (χ4v) is 5.19. The normalized spacial score (nSPS) is 26.4. The second-order valence-corrected chi connectivity index (χ2v) is 10.1. The van der Waals surface area contributed by atoms with Gasteiger partial charge in [0, 0.05) is 48.4 Å². The standard InChI is InChI=1S/C22H34BrN5O2/c23-16-10-18(22(30)27-20(24)14-6-7-14)21(25-11-16)28-9-8-19(15(12-28)13-29)26-17-4-2-1-3-5-17/h10-11,14-15,17,19-20,26,29H,1-9,12-13,24H2,(H,27,30). The number of amides is 1. The van der Waals surface area contributed by atoms with Gasteiger partial charge >= 0.3 is 0 Å². The molecule has 3 aliphatic rings. The highest BCUT2D eigenvalue weighted by Gasteiger charge is 2.34. The molecular formula is C22H34BrN5O2. The van der Waals surface area contributed by atoms with E-state index in [1.807, 2.05) is 6.07 Å². The van der Waals surface area contributed by atoms with Crippen molar-refractivity contribution in [2.75, 3.05) is 24.6 Å². The highest BCUT2D eigenvalue weighted by atomic mass is 79.9. The average Bonchev–Trinajstić information content (AvgIpc) is 3.60. The van der Waals surface area contributed by atoms with E-state index in [0.717, 1.165) is 30.3 Å². The van der Waals surface area contributed by atoms with Gasteiger partial charge in [-0.3, -0.25) is 4.79 Å². The van der Waals surface area contributed by atoms with E-state index in [9.17, 15) is 9.90 Å². The van der Waals surface area contributed by atoms with Crippen LogP contribution in [0.1, 0.15) is 61.7 Å². The van der Waals surface area contributed by atoms with Gasteiger partial charge in [0.25, 0.3) is 5.91 Å². The predicted octanol–water partition coefficient (Wildman–Crippen LogP) is 2.38. The van der Waals surface area contributed by atoms with Gasteiger partial charge < -0.3 is 26.4 Å². The van der Waals surface area contributed by atoms with E-state index in [-0.39, 0.29) is 24.6 Å². The number of carbonyl (C=O) groups excluding carboxylic acids is 1. The molecule has 2 saturated carbocycles. The second-order valence-electron chi connectivity index (χ2n) is 9.15. The molecule has 3 unspecified atom stereocenters. The van der Waals surface area contributed by atoms with Gasteiger partial charge in [0.15, 0.2) is 0 Å². The van der Waals surface area contributed by atoms with Gasteiger partial charge in [0.1, 0.15) is 5.82 Å². The summed E-state index contributed by atoms with van der Waals surface area (Å²) in [6, 6.07) is 2.70. The largest absolute Gasteiger partial charge is 0.396 e. The Hall–Kier alpha value is -1.22. The number of anilines is 1. The van der Waals surface area contributed by atoms with E-state index in [0.29, 0.717) is 35.9 Å². The average molecular weight is 480 g/mol. The maximum Gasteiger partial charge on any atom is 0.256 e. The zero-order chi connectivity index (χ0) is 21.1. The molecule has 1 aromatic rings. The summed E-state index contributed by atoms with van der Waals surface area (Å²) in [5.41, 5.74) is 6.65. The van der Waals surface area contributed by atoms with Crippen LogP contribution in [0, 0.1) is 11.8 Å². The summed E-state index contributed by atoms with van der Waals surface area (Å²) >= 11 is 3.44. The van der Waals surface area contributed by atoms with Crippen LogP contribution in [0.4, 0.5) is 5.82 Å². The van der Waals surface area contributed by atoms with Crippen LogP contribution in [0.5, 0.6) is 0 Å². The van der Waals surface area contributed by atoms with E-state index < -0.39 is 0 Å². The zero-order valence-corrected chi connectivity index (χ0v) is 19.1. The number of rotatable bonds is 7. The summed E-state index contributed by atoms with van der Waals surface area (Å²) in [4.78, 5) is 19.7. The number of pyridine rings is 1. The molecule has 3 atom stereocenters. The Labute approximate surface area is 187 Å². The molecule has 2 heterocycles. The Morgan fingerprint density at radius 3 is 2.73 bits per heavy atom. The first-order valence-corrected chi connectivity index (χ1v) is 12.2. The Balaban J connectivity index is 1.45. The molecule has 1 aromatic heterocycles. The smallest absolute Gasteiger partial charge is 0.256 e. The van der Waals surface area contributed by atoms with Crippen LogP contribution in [0.25, 0.3) is 0 Å². The molecular weight excluding hydrogens is 446 g/mol. The summed E-state index contributed by atoms with van der Waals surface area (Å²) < 4.78 is 0.768. The maximum absolute atomic E-state index is 12.9. The van der Waals surface area contributed by atoms with E-state index in [1.54, 1.807) is 6.20 Å². The number of aliphatic hydroxyl groups is 1. The molecule has 4 rings (SSSR count). The minimum atomic E-state index is -0.306. The van der Waals surface area contributed by atoms with Crippen LogP contribution < -0.4 is 21.3 Å². The molecule has 0 radical (unpaired) electrons. The van der Waals surface area contributed by atoms with Gasteiger partial charge in [-0.05, 0) is 60.0 Å². The minimum Gasteiger partial charge on any atom is -0.396 e. The molecule has 8 heteroatoms. The fourth-order valence-electron chi connectivity index (χ4n) is 4.85. The van der Waals surface area contributed by atoms with E-state index in [4.69, 9.17) is 5.73 Å². The van der Waals surface area contributed by atoms with Crippen molar-refractivity contribution in [2.45, 2.75) is 69.6 Å². The first-order valence-electron chi connectivity index (χ1n) is 11.4. The molecule has 30 heavy (non-hydrogen) atoms. The van der Waals surface area contributed by atoms with Gasteiger partial charge in [-0.1, -0.05) is 19.3 Å². The highest BCUT2D eigenvalue weighted by Crippen LogP contribution is 2.32. The summed E-state index contributed by atoms with van der Waals surface area (Å²) in [5, 5.41) is 16.8. The van der Waals surface area contributed by atoms with Crippen LogP contribution in [-0.2, 0) is 0 Å². The number of nitrogens with one attached hydrogen (secondary N) is 2. The van der Waals surface area contributed by atoms with Crippen LogP contribution >= 0.6 is 15.9 Å². The van der Waals surface area contributed by atoms with Crippen molar-refractivity contribution in [3.05, 3.63) is 22.3 Å². The van der Waals surface area contributed by atoms with Crippen molar-refractivity contribution < 1.29 is 9.90 Å². The number of hydrogen-bond acceptors (Lipinski definition) is 6. The first-order chi connectivity index (χ1) is 14.5. The predicted molar refractivity (Wildman–Crippen MR) is 121 cm³/mol. The molecule has 0 bridgehead atoms. The zero-order valence-electron chi connectivity index (χ0n) is 17.5. The Kier molecular flexibility index (Phi) is 7.28. The number of carbonyl (C=O) groups is 1.